The molecule has 0 amide bonds. The van der Waals surface area contributed by atoms with Crippen LogP contribution in [0, 0.1) is 34.5 Å². The van der Waals surface area contributed by atoms with Gasteiger partial charge in [-0.25, -0.2) is 0 Å². The minimum absolute atomic E-state index is 0.00525. The van der Waals surface area contributed by atoms with Crippen LogP contribution < -0.4 is 5.73 Å². The van der Waals surface area contributed by atoms with E-state index in [1.54, 1.807) is 0 Å². The molecule has 0 aliphatic heterocycles. The summed E-state index contributed by atoms with van der Waals surface area (Å²) in [7, 11) is 0. The first-order valence-corrected chi connectivity index (χ1v) is 10.9. The van der Waals surface area contributed by atoms with Crippen molar-refractivity contribution in [1.82, 2.24) is 0 Å². The van der Waals surface area contributed by atoms with E-state index >= 15 is 0 Å². The molecule has 26 heavy (non-hydrogen) atoms. The number of rotatable bonds is 3. The molecule has 0 heterocycles. The number of oxime groups is 1. The normalized spacial score (nSPS) is 47.0. The maximum atomic E-state index is 12.6. The minimum atomic E-state index is -0.00525. The quantitative estimate of drug-likeness (QED) is 0.602. The lowest BCUT2D eigenvalue weighted by Crippen LogP contribution is -2.49. The molecule has 4 heteroatoms. The topological polar surface area (TPSA) is 64.7 Å². The van der Waals surface area contributed by atoms with Crippen molar-refractivity contribution >= 4 is 11.5 Å². The molecule has 6 atom stereocenters. The van der Waals surface area contributed by atoms with Crippen LogP contribution in [-0.2, 0) is 9.63 Å². The van der Waals surface area contributed by atoms with Gasteiger partial charge in [-0.2, -0.15) is 0 Å². The Labute approximate surface area is 158 Å². The van der Waals surface area contributed by atoms with Crippen LogP contribution in [0.2, 0.25) is 0 Å². The van der Waals surface area contributed by atoms with Crippen molar-refractivity contribution in [3.8, 4) is 0 Å². The average molecular weight is 361 g/mol. The Balaban J connectivity index is 1.55. The van der Waals surface area contributed by atoms with Crippen molar-refractivity contribution in [3.05, 3.63) is 0 Å². The molecule has 0 aromatic rings. The molecule has 4 aliphatic carbocycles. The van der Waals surface area contributed by atoms with E-state index in [1.165, 1.54) is 37.8 Å². The zero-order valence-corrected chi connectivity index (χ0v) is 16.6. The van der Waals surface area contributed by atoms with Crippen molar-refractivity contribution in [3.63, 3.8) is 0 Å². The summed E-state index contributed by atoms with van der Waals surface area (Å²) in [5.41, 5.74) is 7.17. The number of nitrogens with two attached hydrogens (primary N) is 1. The third-order valence-corrected chi connectivity index (χ3v) is 8.85. The number of fused-ring (bicyclic) bond motifs is 5. The molecule has 0 aromatic carbocycles. The van der Waals surface area contributed by atoms with E-state index in [1.807, 2.05) is 0 Å². The molecule has 0 saturated heterocycles. The molecule has 146 valence electrons. The highest BCUT2D eigenvalue weighted by Gasteiger charge is 2.58. The van der Waals surface area contributed by atoms with Gasteiger partial charge in [0.2, 0.25) is 0 Å². The van der Waals surface area contributed by atoms with Gasteiger partial charge in [0.15, 0.2) is 0 Å². The van der Waals surface area contributed by atoms with Crippen molar-refractivity contribution in [2.45, 2.75) is 78.1 Å². The van der Waals surface area contributed by atoms with Crippen molar-refractivity contribution in [2.75, 3.05) is 13.2 Å². The van der Waals surface area contributed by atoms with Crippen molar-refractivity contribution < 1.29 is 9.63 Å². The van der Waals surface area contributed by atoms with E-state index in [9.17, 15) is 4.79 Å². The number of nitrogens with zero attached hydrogens (tertiary/aromatic N) is 1. The third-order valence-electron chi connectivity index (χ3n) is 8.85. The highest BCUT2D eigenvalue weighted by molar-refractivity contribution is 5.87. The Morgan fingerprint density at radius 3 is 2.77 bits per heavy atom. The molecule has 0 bridgehead atoms. The number of carbonyl (C=O) groups excluding carboxylic acids is 1. The highest BCUT2D eigenvalue weighted by atomic mass is 16.6. The maximum absolute atomic E-state index is 12.6. The van der Waals surface area contributed by atoms with Crippen LogP contribution in [0.3, 0.4) is 0 Å². The van der Waals surface area contributed by atoms with Crippen LogP contribution in [0.25, 0.3) is 0 Å². The molecule has 4 aliphatic rings. The van der Waals surface area contributed by atoms with Gasteiger partial charge in [-0.3, -0.25) is 4.79 Å². The molecule has 4 rings (SSSR count). The fourth-order valence-electron chi connectivity index (χ4n) is 7.31. The number of Topliss-reactive ketones (excluding diaryl/α,β-unsaturated/α-hetero) is 1. The fraction of sp³-hybridized carbons (Fsp3) is 0.909. The molecular weight excluding hydrogens is 324 g/mol. The highest BCUT2D eigenvalue weighted by Crippen LogP contribution is 2.63. The van der Waals surface area contributed by atoms with Crippen LogP contribution in [0.15, 0.2) is 5.16 Å². The first-order valence-electron chi connectivity index (χ1n) is 10.9. The van der Waals surface area contributed by atoms with E-state index < -0.39 is 0 Å². The number of ketones is 1. The fourth-order valence-corrected chi connectivity index (χ4v) is 7.31. The summed E-state index contributed by atoms with van der Waals surface area (Å²) in [5, 5.41) is 4.40. The van der Waals surface area contributed by atoms with Crippen molar-refractivity contribution in [2.24, 2.45) is 45.4 Å². The lowest BCUT2D eigenvalue weighted by molar-refractivity contribution is -0.132. The second-order valence-corrected chi connectivity index (χ2v) is 9.91. The van der Waals surface area contributed by atoms with E-state index in [0.717, 1.165) is 49.9 Å². The van der Waals surface area contributed by atoms with Crippen molar-refractivity contribution in [1.29, 1.82) is 0 Å². The Bertz CT molecular complexity index is 589. The summed E-state index contributed by atoms with van der Waals surface area (Å²) in [6, 6.07) is 0. The Hall–Kier alpha value is -0.900. The van der Waals surface area contributed by atoms with Gasteiger partial charge in [0.25, 0.3) is 0 Å². The van der Waals surface area contributed by atoms with Gasteiger partial charge in [0, 0.05) is 18.4 Å². The third kappa shape index (κ3) is 2.83. The lowest BCUT2D eigenvalue weighted by Gasteiger charge is -2.54. The van der Waals surface area contributed by atoms with Crippen LogP contribution in [0.1, 0.15) is 78.1 Å². The summed E-state index contributed by atoms with van der Waals surface area (Å²) in [4.78, 5) is 18.0. The molecule has 4 nitrogen and oxygen atoms in total. The summed E-state index contributed by atoms with van der Waals surface area (Å²) in [6.07, 6.45) is 11.7. The molecular formula is C22H36N2O2. The smallest absolute Gasteiger partial charge is 0.139 e. The average Bonchev–Trinajstić information content (AvgIpc) is 2.84. The number of carbonyl (C=O) groups is 1. The Morgan fingerprint density at radius 2 is 1.96 bits per heavy atom. The van der Waals surface area contributed by atoms with Gasteiger partial charge < -0.3 is 10.6 Å². The molecule has 4 fully saturated rings. The van der Waals surface area contributed by atoms with Gasteiger partial charge in [0.1, 0.15) is 12.4 Å². The molecule has 0 spiro atoms. The Morgan fingerprint density at radius 1 is 1.12 bits per heavy atom. The SMILES string of the molecule is C[C@]12CC/C(=N/OCCN)CC1CCC[C@@H]1[C@@H]2CC[C@]2(C)C(=O)CC[C@@H]12. The van der Waals surface area contributed by atoms with Crippen LogP contribution in [0.5, 0.6) is 0 Å². The molecule has 4 saturated carbocycles. The molecule has 0 aromatic heterocycles. The first kappa shape index (κ1) is 18.5. The van der Waals surface area contributed by atoms with E-state index in [4.69, 9.17) is 10.6 Å². The Kier molecular flexibility index (Phi) is 4.92. The maximum Gasteiger partial charge on any atom is 0.139 e. The number of hydrogen-bond acceptors (Lipinski definition) is 4. The standard InChI is InChI=1S/C22H36N2O2/c1-21-10-8-16(24-26-13-12-23)14-15(21)4-3-5-17-18-6-7-20(25)22(18,2)11-9-19(17)21/h15,17-19H,3-14,23H2,1-2H3/b24-16-/t15?,17-,18-,19-,21-,22-/m0/s1. The zero-order valence-electron chi connectivity index (χ0n) is 16.6. The van der Waals surface area contributed by atoms with Crippen LogP contribution in [0.4, 0.5) is 0 Å². The van der Waals surface area contributed by atoms with Crippen LogP contribution >= 0.6 is 0 Å². The van der Waals surface area contributed by atoms with Gasteiger partial charge in [0.05, 0.1) is 5.71 Å². The summed E-state index contributed by atoms with van der Waals surface area (Å²) in [6.45, 7) is 5.90. The van der Waals surface area contributed by atoms with Crippen LogP contribution in [-0.4, -0.2) is 24.6 Å². The van der Waals surface area contributed by atoms with E-state index in [0.29, 0.717) is 30.3 Å². The molecule has 1 unspecified atom stereocenters. The monoisotopic (exact) mass is 360 g/mol. The summed E-state index contributed by atoms with van der Waals surface area (Å²) < 4.78 is 0. The molecule has 0 radical (unpaired) electrons. The second kappa shape index (κ2) is 6.92. The molecule has 2 N–H and O–H groups in total. The predicted octanol–water partition coefficient (Wildman–Crippen LogP) is 4.32. The van der Waals surface area contributed by atoms with Gasteiger partial charge >= 0.3 is 0 Å². The lowest BCUT2D eigenvalue weighted by atomic mass is 9.50. The second-order valence-electron chi connectivity index (χ2n) is 9.91. The largest absolute Gasteiger partial charge is 0.395 e. The first-order chi connectivity index (χ1) is 12.5. The summed E-state index contributed by atoms with van der Waals surface area (Å²) >= 11 is 0. The minimum Gasteiger partial charge on any atom is -0.395 e. The van der Waals surface area contributed by atoms with Gasteiger partial charge in [-0.15, -0.1) is 0 Å². The van der Waals surface area contributed by atoms with Gasteiger partial charge in [-0.05, 0) is 80.5 Å². The zero-order chi connectivity index (χ0) is 18.4. The predicted molar refractivity (Wildman–Crippen MR) is 104 cm³/mol. The van der Waals surface area contributed by atoms with E-state index in [-0.39, 0.29) is 5.41 Å². The van der Waals surface area contributed by atoms with Gasteiger partial charge in [-0.1, -0.05) is 25.4 Å². The number of hydrogen-bond donors (Lipinski definition) is 1. The summed E-state index contributed by atoms with van der Waals surface area (Å²) in [5.74, 6) is 3.50. The van der Waals surface area contributed by atoms with E-state index in [2.05, 4.69) is 19.0 Å².